The third-order valence-corrected chi connectivity index (χ3v) is 21.5. The van der Waals surface area contributed by atoms with Gasteiger partial charge >= 0.3 is 0 Å². The Kier molecular flexibility index (Phi) is 9.78. The average Bonchev–Trinajstić information content (AvgIpc) is 3.13. The minimum absolute atomic E-state index is 0.211. The normalized spacial score (nSPS) is 30.5. The Morgan fingerprint density at radius 1 is 0.902 bits per heavy atom. The van der Waals surface area contributed by atoms with Gasteiger partial charge in [-0.2, -0.15) is 0 Å². The second-order valence-electron chi connectivity index (χ2n) is 17.4. The molecule has 0 aromatic heterocycles. The summed E-state index contributed by atoms with van der Waals surface area (Å²) in [4.78, 5) is 0. The zero-order chi connectivity index (χ0) is 30.4. The molecule has 5 heteroatoms. The van der Waals surface area contributed by atoms with E-state index in [1.54, 1.807) is 11.1 Å². The largest absolute Gasteiger partial charge is 0.543 e. The van der Waals surface area contributed by atoms with Gasteiger partial charge in [0.15, 0.2) is 8.32 Å². The van der Waals surface area contributed by atoms with Gasteiger partial charge in [0.25, 0.3) is 0 Å². The highest BCUT2D eigenvalue weighted by Crippen LogP contribution is 2.64. The molecule has 1 aromatic carbocycles. The third-order valence-electron chi connectivity index (χ3n) is 12.7. The zero-order valence-electron chi connectivity index (χ0n) is 28.7. The van der Waals surface area contributed by atoms with E-state index in [4.69, 9.17) is 8.85 Å². The van der Waals surface area contributed by atoms with Gasteiger partial charge in [0.2, 0.25) is 8.32 Å². The van der Waals surface area contributed by atoms with Crippen LogP contribution in [0.3, 0.4) is 0 Å². The van der Waals surface area contributed by atoms with E-state index in [1.807, 2.05) is 0 Å². The molecule has 0 saturated heterocycles. The molecule has 2 fully saturated rings. The van der Waals surface area contributed by atoms with Gasteiger partial charge in [-0.1, -0.05) is 73.8 Å². The van der Waals surface area contributed by atoms with Crippen LogP contribution in [0.2, 0.25) is 36.3 Å². The Morgan fingerprint density at radius 2 is 1.56 bits per heavy atom. The van der Waals surface area contributed by atoms with Crippen molar-refractivity contribution in [3.63, 3.8) is 0 Å². The van der Waals surface area contributed by atoms with Crippen LogP contribution in [-0.2, 0) is 10.8 Å². The van der Waals surface area contributed by atoms with Crippen molar-refractivity contribution in [1.82, 2.24) is 0 Å². The smallest absolute Gasteiger partial charge is 0.250 e. The molecular weight excluding hydrogens is 537 g/mol. The standard InChI is InChI=1S/C36H64O3Si2/c1-34(2,3)40(8,9)38-28-18-20-29-26(24-28)17-19-31-30(29)21-22-36(7)32(31)25-27(16-14-12-13-15-23-37)33(36)39-41(10,11)35(4,5)6/h18,20,24,27,30-33,37H,12-17,19,21-23,25H2,1-11H3/t27-,30+,31+,32-,33-,36-/m0/s1. The molecule has 41 heavy (non-hydrogen) atoms. The van der Waals surface area contributed by atoms with Gasteiger partial charge < -0.3 is 14.0 Å². The van der Waals surface area contributed by atoms with Gasteiger partial charge in [-0.25, -0.2) is 0 Å². The van der Waals surface area contributed by atoms with Crippen molar-refractivity contribution in [3.05, 3.63) is 29.3 Å². The molecule has 1 N–H and O–H groups in total. The quantitative estimate of drug-likeness (QED) is 0.214. The Bertz CT molecular complexity index is 1040. The van der Waals surface area contributed by atoms with Crippen molar-refractivity contribution in [3.8, 4) is 5.75 Å². The highest BCUT2D eigenvalue weighted by molar-refractivity contribution is 6.75. The Balaban J connectivity index is 1.56. The van der Waals surface area contributed by atoms with Crippen molar-refractivity contribution in [2.75, 3.05) is 6.61 Å². The van der Waals surface area contributed by atoms with Crippen LogP contribution < -0.4 is 4.43 Å². The molecule has 0 bridgehead atoms. The maximum Gasteiger partial charge on any atom is 0.250 e. The van der Waals surface area contributed by atoms with E-state index in [-0.39, 0.29) is 15.5 Å². The summed E-state index contributed by atoms with van der Waals surface area (Å²) in [5, 5.41) is 9.70. The molecule has 0 spiro atoms. The van der Waals surface area contributed by atoms with E-state index in [2.05, 4.69) is 92.9 Å². The summed E-state index contributed by atoms with van der Waals surface area (Å²) in [7, 11) is -3.72. The fourth-order valence-corrected chi connectivity index (χ4v) is 10.5. The van der Waals surface area contributed by atoms with Gasteiger partial charge in [-0.05, 0) is 134 Å². The number of aliphatic hydroxyl groups excluding tert-OH is 1. The van der Waals surface area contributed by atoms with E-state index in [0.29, 0.717) is 24.5 Å². The van der Waals surface area contributed by atoms with Crippen LogP contribution in [0, 0.1) is 23.2 Å². The average molecular weight is 601 g/mol. The molecule has 234 valence electrons. The van der Waals surface area contributed by atoms with Crippen LogP contribution in [0.25, 0.3) is 0 Å². The first-order chi connectivity index (χ1) is 18.9. The number of rotatable bonds is 10. The topological polar surface area (TPSA) is 38.7 Å². The van der Waals surface area contributed by atoms with Gasteiger partial charge in [0.1, 0.15) is 5.75 Å². The van der Waals surface area contributed by atoms with Crippen LogP contribution >= 0.6 is 0 Å². The summed E-state index contributed by atoms with van der Waals surface area (Å²) >= 11 is 0. The molecule has 0 heterocycles. The lowest BCUT2D eigenvalue weighted by Gasteiger charge is -2.52. The van der Waals surface area contributed by atoms with Gasteiger partial charge in [-0.15, -0.1) is 0 Å². The first-order valence-corrected chi connectivity index (χ1v) is 22.8. The molecule has 0 amide bonds. The number of aliphatic hydroxyl groups is 1. The van der Waals surface area contributed by atoms with Gasteiger partial charge in [-0.3, -0.25) is 0 Å². The summed E-state index contributed by atoms with van der Waals surface area (Å²) in [6, 6.07) is 7.16. The van der Waals surface area contributed by atoms with Crippen LogP contribution in [0.5, 0.6) is 5.75 Å². The number of unbranched alkanes of at least 4 members (excludes halogenated alkanes) is 3. The van der Waals surface area contributed by atoms with E-state index in [0.717, 1.165) is 30.4 Å². The number of hydrogen-bond donors (Lipinski definition) is 1. The molecule has 2 saturated carbocycles. The number of fused-ring (bicyclic) bond motifs is 5. The first-order valence-electron chi connectivity index (χ1n) is 17.0. The van der Waals surface area contributed by atoms with Crippen molar-refractivity contribution in [2.24, 2.45) is 23.2 Å². The van der Waals surface area contributed by atoms with E-state index in [1.165, 1.54) is 51.4 Å². The summed E-state index contributed by atoms with van der Waals surface area (Å²) in [5.74, 6) is 4.00. The highest BCUT2D eigenvalue weighted by Gasteiger charge is 2.60. The summed E-state index contributed by atoms with van der Waals surface area (Å²) in [6.45, 7) is 26.8. The third kappa shape index (κ3) is 6.73. The summed E-state index contributed by atoms with van der Waals surface area (Å²) in [6.07, 6.45) is 12.7. The number of benzene rings is 1. The summed E-state index contributed by atoms with van der Waals surface area (Å²) in [5.41, 5.74) is 3.47. The fourth-order valence-electron chi connectivity index (χ4n) is 8.07. The van der Waals surface area contributed by atoms with Crippen LogP contribution in [0.15, 0.2) is 18.2 Å². The minimum atomic E-state index is -1.88. The van der Waals surface area contributed by atoms with Crippen molar-refractivity contribution in [2.45, 2.75) is 161 Å². The number of hydrogen-bond acceptors (Lipinski definition) is 3. The Hall–Kier alpha value is -0.626. The molecule has 1 aromatic rings. The molecule has 6 atom stereocenters. The van der Waals surface area contributed by atoms with E-state index in [9.17, 15) is 5.11 Å². The predicted octanol–water partition coefficient (Wildman–Crippen LogP) is 10.5. The lowest BCUT2D eigenvalue weighted by molar-refractivity contribution is -0.0264. The SMILES string of the molecule is CC(C)(C)[Si](C)(C)Oc1ccc2c(c1)CC[C@@H]1[C@@H]2CC[C@@]2(C)[C@H]1C[C@H](CCCCCCO)[C@@H]2O[Si](C)(C)C(C)(C)C. The lowest BCUT2D eigenvalue weighted by Crippen LogP contribution is -2.51. The minimum Gasteiger partial charge on any atom is -0.543 e. The molecule has 3 aliphatic carbocycles. The van der Waals surface area contributed by atoms with Crippen molar-refractivity contribution < 1.29 is 14.0 Å². The van der Waals surface area contributed by atoms with Gasteiger partial charge in [0.05, 0.1) is 6.10 Å². The first kappa shape index (κ1) is 33.3. The van der Waals surface area contributed by atoms with Crippen LogP contribution in [-0.4, -0.2) is 34.5 Å². The van der Waals surface area contributed by atoms with Crippen LogP contribution in [0.4, 0.5) is 0 Å². The maximum absolute atomic E-state index is 9.25. The van der Waals surface area contributed by atoms with Crippen molar-refractivity contribution in [1.29, 1.82) is 0 Å². The zero-order valence-corrected chi connectivity index (χ0v) is 30.7. The van der Waals surface area contributed by atoms with Crippen LogP contribution in [0.1, 0.15) is 123 Å². The molecule has 3 aliphatic rings. The molecule has 0 unspecified atom stereocenters. The monoisotopic (exact) mass is 600 g/mol. The highest BCUT2D eigenvalue weighted by atomic mass is 28.4. The summed E-state index contributed by atoms with van der Waals surface area (Å²) < 4.78 is 14.2. The molecule has 4 rings (SSSR count). The second-order valence-corrected chi connectivity index (χ2v) is 26.9. The second kappa shape index (κ2) is 12.0. The number of aryl methyl sites for hydroxylation is 1. The fraction of sp³-hybridized carbons (Fsp3) is 0.833. The molecular formula is C36H64O3Si2. The van der Waals surface area contributed by atoms with E-state index >= 15 is 0 Å². The predicted molar refractivity (Wildman–Crippen MR) is 180 cm³/mol. The molecule has 0 radical (unpaired) electrons. The molecule has 3 nitrogen and oxygen atoms in total. The van der Waals surface area contributed by atoms with Gasteiger partial charge in [0, 0.05) is 6.61 Å². The molecule has 0 aliphatic heterocycles. The Labute approximate surface area is 255 Å². The Morgan fingerprint density at radius 3 is 2.20 bits per heavy atom. The van der Waals surface area contributed by atoms with Crippen molar-refractivity contribution >= 4 is 16.6 Å². The lowest BCUT2D eigenvalue weighted by atomic mass is 9.55. The van der Waals surface area contributed by atoms with E-state index < -0.39 is 16.6 Å². The maximum atomic E-state index is 9.25.